The maximum absolute atomic E-state index is 13.9. The van der Waals surface area contributed by atoms with Crippen LogP contribution in [0.5, 0.6) is 0 Å². The molecule has 88 valence electrons. The molecular weight excluding hydrogens is 223 g/mol. The molecule has 0 aromatic heterocycles. The maximum atomic E-state index is 13.9. The zero-order chi connectivity index (χ0) is 11.5. The molecule has 1 unspecified atom stereocenters. The van der Waals surface area contributed by atoms with Crippen molar-refractivity contribution in [1.82, 2.24) is 5.32 Å². The van der Waals surface area contributed by atoms with E-state index >= 15 is 0 Å². The first kappa shape index (κ1) is 11.6. The first-order chi connectivity index (χ1) is 7.68. The minimum Gasteiger partial charge on any atom is -0.367 e. The fourth-order valence-corrected chi connectivity index (χ4v) is 2.56. The lowest BCUT2D eigenvalue weighted by molar-refractivity contribution is 0.565. The average Bonchev–Trinajstić information content (AvgIpc) is 2.30. The van der Waals surface area contributed by atoms with Gasteiger partial charge in [0.15, 0.2) is 5.82 Å². The summed E-state index contributed by atoms with van der Waals surface area (Å²) in [6.07, 6.45) is 2.04. The summed E-state index contributed by atoms with van der Waals surface area (Å²) in [5.41, 5.74) is 0.724. The monoisotopic (exact) mass is 241 g/mol. The topological polar surface area (TPSA) is 15.3 Å². The van der Waals surface area contributed by atoms with Gasteiger partial charge in [-0.3, -0.25) is 0 Å². The Balaban J connectivity index is 2.24. The van der Waals surface area contributed by atoms with Crippen molar-refractivity contribution in [1.29, 1.82) is 0 Å². The number of piperazine rings is 1. The van der Waals surface area contributed by atoms with Crippen LogP contribution in [0, 0.1) is 5.82 Å². The molecule has 1 aliphatic rings. The Morgan fingerprint density at radius 3 is 2.62 bits per heavy atom. The predicted octanol–water partition coefficient (Wildman–Crippen LogP) is 1.01. The number of rotatable bonds is 2. The minimum atomic E-state index is -0.462. The maximum Gasteiger partial charge on any atom is 0.151 e. The molecule has 1 N–H and O–H groups in total. The standard InChI is InChI=1S/C12H17FN2S/c1-16(2)10-3-4-12(11(13)9-10)15-7-5-14-6-8-15/h3-4,9,14H,1,5-8H2,2H3/p+1. The van der Waals surface area contributed by atoms with Gasteiger partial charge in [-0.1, -0.05) is 0 Å². The fourth-order valence-electron chi connectivity index (χ4n) is 1.90. The van der Waals surface area contributed by atoms with Crippen LogP contribution in [0.15, 0.2) is 23.1 Å². The van der Waals surface area contributed by atoms with Crippen LogP contribution in [-0.4, -0.2) is 38.3 Å². The van der Waals surface area contributed by atoms with Crippen LogP contribution in [0.1, 0.15) is 0 Å². The molecule has 0 aliphatic carbocycles. The number of benzene rings is 1. The van der Waals surface area contributed by atoms with Crippen molar-refractivity contribution >= 4 is 22.0 Å². The molecule has 0 bridgehead atoms. The summed E-state index contributed by atoms with van der Waals surface area (Å²) < 4.78 is 13.9. The van der Waals surface area contributed by atoms with E-state index in [9.17, 15) is 4.39 Å². The predicted molar refractivity (Wildman–Crippen MR) is 71.6 cm³/mol. The third-order valence-electron chi connectivity index (χ3n) is 2.83. The molecular formula is C12H18FN2S+. The second-order valence-corrected chi connectivity index (χ2v) is 5.98. The van der Waals surface area contributed by atoms with E-state index in [4.69, 9.17) is 0 Å². The van der Waals surface area contributed by atoms with Gasteiger partial charge in [0.2, 0.25) is 0 Å². The first-order valence-corrected chi connectivity index (χ1v) is 7.45. The Morgan fingerprint density at radius 1 is 1.38 bits per heavy atom. The van der Waals surface area contributed by atoms with Crippen molar-refractivity contribution in [2.24, 2.45) is 0 Å². The highest BCUT2D eigenvalue weighted by atomic mass is 32.2. The minimum absolute atomic E-state index is 0.114. The number of anilines is 1. The molecule has 0 spiro atoms. The molecule has 1 aromatic carbocycles. The van der Waals surface area contributed by atoms with Crippen LogP contribution in [0.4, 0.5) is 10.1 Å². The van der Waals surface area contributed by atoms with Crippen LogP contribution in [0.3, 0.4) is 0 Å². The quantitative estimate of drug-likeness (QED) is 0.472. The molecule has 2 rings (SSSR count). The van der Waals surface area contributed by atoms with Gasteiger partial charge in [0, 0.05) is 38.1 Å². The summed E-state index contributed by atoms with van der Waals surface area (Å²) in [7, 11) is -0.462. The van der Waals surface area contributed by atoms with E-state index < -0.39 is 10.5 Å². The highest BCUT2D eigenvalue weighted by Crippen LogP contribution is 2.22. The summed E-state index contributed by atoms with van der Waals surface area (Å²) in [6.45, 7) is 3.61. The number of hydrogen-bond donors (Lipinski definition) is 1. The average molecular weight is 241 g/mol. The number of halogens is 1. The molecule has 1 atom stereocenters. The summed E-state index contributed by atoms with van der Waals surface area (Å²) in [4.78, 5) is 3.11. The van der Waals surface area contributed by atoms with Crippen molar-refractivity contribution < 1.29 is 4.39 Å². The third kappa shape index (κ3) is 2.44. The molecule has 1 fully saturated rings. The third-order valence-corrected chi connectivity index (χ3v) is 3.99. The number of nitrogens with one attached hydrogen (secondary N) is 1. The van der Waals surface area contributed by atoms with Crippen molar-refractivity contribution in [2.75, 3.05) is 37.3 Å². The van der Waals surface area contributed by atoms with Gasteiger partial charge in [-0.2, -0.15) is 0 Å². The lowest BCUT2D eigenvalue weighted by atomic mass is 10.2. The molecule has 4 heteroatoms. The zero-order valence-corrected chi connectivity index (χ0v) is 10.4. The van der Waals surface area contributed by atoms with E-state index in [0.29, 0.717) is 0 Å². The summed E-state index contributed by atoms with van der Waals surface area (Å²) in [5.74, 6) is 3.85. The van der Waals surface area contributed by atoms with Gasteiger partial charge in [-0.05, 0) is 12.1 Å². The van der Waals surface area contributed by atoms with Crippen molar-refractivity contribution in [3.8, 4) is 0 Å². The summed E-state index contributed by atoms with van der Waals surface area (Å²) in [6, 6.07) is 5.52. The molecule has 0 radical (unpaired) electrons. The second-order valence-electron chi connectivity index (χ2n) is 4.07. The van der Waals surface area contributed by atoms with Gasteiger partial charge >= 0.3 is 0 Å². The van der Waals surface area contributed by atoms with Gasteiger partial charge in [-0.15, -0.1) is 10.5 Å². The lowest BCUT2D eigenvalue weighted by Gasteiger charge is -2.29. The largest absolute Gasteiger partial charge is 0.367 e. The second kappa shape index (κ2) is 4.97. The van der Waals surface area contributed by atoms with Crippen LogP contribution in [0.25, 0.3) is 0 Å². The Morgan fingerprint density at radius 2 is 2.06 bits per heavy atom. The lowest BCUT2D eigenvalue weighted by Crippen LogP contribution is -2.43. The Hall–Kier alpha value is -0.870. The van der Waals surface area contributed by atoms with Crippen LogP contribution < -0.4 is 10.2 Å². The Kier molecular flexibility index (Phi) is 3.61. The highest BCUT2D eigenvalue weighted by Gasteiger charge is 2.15. The first-order valence-electron chi connectivity index (χ1n) is 5.48. The molecule has 1 aromatic rings. The highest BCUT2D eigenvalue weighted by molar-refractivity contribution is 7.93. The van der Waals surface area contributed by atoms with E-state index in [1.165, 1.54) is 0 Å². The molecule has 16 heavy (non-hydrogen) atoms. The molecule has 0 amide bonds. The van der Waals surface area contributed by atoms with E-state index in [0.717, 1.165) is 36.8 Å². The van der Waals surface area contributed by atoms with E-state index in [1.807, 2.05) is 18.4 Å². The number of hydrogen-bond acceptors (Lipinski definition) is 2. The van der Waals surface area contributed by atoms with Gasteiger partial charge in [0.25, 0.3) is 0 Å². The molecule has 1 heterocycles. The number of thiol groups is 1. The molecule has 0 saturated carbocycles. The van der Waals surface area contributed by atoms with Crippen LogP contribution in [-0.2, 0) is 10.5 Å². The van der Waals surface area contributed by atoms with E-state index in [-0.39, 0.29) is 5.82 Å². The molecule has 1 saturated heterocycles. The SMILES string of the molecule is C=[SH+](C)c1ccc(N2CCNCC2)c(F)c1. The van der Waals surface area contributed by atoms with Crippen molar-refractivity contribution in [3.05, 3.63) is 24.0 Å². The Bertz CT molecular complexity index is 400. The van der Waals surface area contributed by atoms with Gasteiger partial charge in [0.05, 0.1) is 11.9 Å². The zero-order valence-electron chi connectivity index (χ0n) is 9.54. The molecule has 2 nitrogen and oxygen atoms in total. The Labute approximate surface area is 98.4 Å². The summed E-state index contributed by atoms with van der Waals surface area (Å²) >= 11 is 0. The van der Waals surface area contributed by atoms with E-state index in [1.54, 1.807) is 6.07 Å². The van der Waals surface area contributed by atoms with Crippen LogP contribution in [0.2, 0.25) is 0 Å². The molecule has 1 aliphatic heterocycles. The van der Waals surface area contributed by atoms with Gasteiger partial charge in [-0.25, -0.2) is 4.39 Å². The number of nitrogens with zero attached hydrogens (tertiary/aromatic N) is 1. The normalized spacial score (nSPS) is 18.5. The van der Waals surface area contributed by atoms with E-state index in [2.05, 4.69) is 16.1 Å². The van der Waals surface area contributed by atoms with Gasteiger partial charge < -0.3 is 10.2 Å². The van der Waals surface area contributed by atoms with Crippen molar-refractivity contribution in [3.63, 3.8) is 0 Å². The fraction of sp³-hybridized carbons (Fsp3) is 0.417. The van der Waals surface area contributed by atoms with Gasteiger partial charge in [0.1, 0.15) is 4.90 Å². The van der Waals surface area contributed by atoms with Crippen LogP contribution >= 0.6 is 0 Å². The summed E-state index contributed by atoms with van der Waals surface area (Å²) in [5, 5.41) is 3.26. The smallest absolute Gasteiger partial charge is 0.151 e. The van der Waals surface area contributed by atoms with Crippen molar-refractivity contribution in [2.45, 2.75) is 4.90 Å².